The summed E-state index contributed by atoms with van der Waals surface area (Å²) < 4.78 is 10.7. The minimum atomic E-state index is -0.374. The van der Waals surface area contributed by atoms with E-state index in [1.165, 1.54) is 0 Å². The van der Waals surface area contributed by atoms with Crippen molar-refractivity contribution in [3.8, 4) is 5.75 Å². The topological polar surface area (TPSA) is 68.4 Å². The van der Waals surface area contributed by atoms with Gasteiger partial charge in [-0.15, -0.1) is 0 Å². The van der Waals surface area contributed by atoms with Crippen LogP contribution in [0.1, 0.15) is 77.2 Å². The summed E-state index contributed by atoms with van der Waals surface area (Å²) in [4.78, 5) is 28.5. The van der Waals surface area contributed by atoms with Gasteiger partial charge in [-0.3, -0.25) is 4.79 Å². The maximum Gasteiger partial charge on any atom is 0.355 e. The number of aromatic amines is 1. The SMILES string of the molecule is CCCc1c(C(=O)OCC)[nH]c2c1C(=O)C[C@@H](c1ccc(OCC)cc1)C2. The summed E-state index contributed by atoms with van der Waals surface area (Å²) in [5, 5.41) is 0. The lowest BCUT2D eigenvalue weighted by Gasteiger charge is -2.22. The molecule has 1 heterocycles. The highest BCUT2D eigenvalue weighted by Gasteiger charge is 2.33. The molecule has 0 saturated heterocycles. The van der Waals surface area contributed by atoms with Crippen LogP contribution >= 0.6 is 0 Å². The number of aromatic nitrogens is 1. The first kappa shape index (κ1) is 19.2. The smallest absolute Gasteiger partial charge is 0.355 e. The van der Waals surface area contributed by atoms with Gasteiger partial charge in [0.1, 0.15) is 11.4 Å². The van der Waals surface area contributed by atoms with Gasteiger partial charge in [0.25, 0.3) is 0 Å². The molecule has 1 N–H and O–H groups in total. The van der Waals surface area contributed by atoms with Gasteiger partial charge < -0.3 is 14.5 Å². The molecule has 1 aliphatic rings. The van der Waals surface area contributed by atoms with Crippen LogP contribution in [0.2, 0.25) is 0 Å². The van der Waals surface area contributed by atoms with E-state index >= 15 is 0 Å². The van der Waals surface area contributed by atoms with E-state index < -0.39 is 0 Å². The van der Waals surface area contributed by atoms with Crippen LogP contribution in [0.5, 0.6) is 5.75 Å². The average Bonchev–Trinajstić information content (AvgIpc) is 3.02. The summed E-state index contributed by atoms with van der Waals surface area (Å²) in [6.07, 6.45) is 2.73. The van der Waals surface area contributed by atoms with E-state index in [1.807, 2.05) is 38.1 Å². The first-order chi connectivity index (χ1) is 13.1. The molecular formula is C22H27NO4. The summed E-state index contributed by atoms with van der Waals surface area (Å²) >= 11 is 0. The lowest BCUT2D eigenvalue weighted by Crippen LogP contribution is -2.19. The van der Waals surface area contributed by atoms with E-state index in [1.54, 1.807) is 6.92 Å². The minimum Gasteiger partial charge on any atom is -0.494 e. The zero-order chi connectivity index (χ0) is 19.4. The number of rotatable bonds is 7. The lowest BCUT2D eigenvalue weighted by molar-refractivity contribution is 0.0518. The molecule has 0 amide bonds. The van der Waals surface area contributed by atoms with Gasteiger partial charge in [-0.25, -0.2) is 4.79 Å². The molecule has 0 bridgehead atoms. The predicted octanol–water partition coefficient (Wildman–Crippen LogP) is 4.46. The highest BCUT2D eigenvalue weighted by molar-refractivity contribution is 6.03. The summed E-state index contributed by atoms with van der Waals surface area (Å²) in [5.41, 5.74) is 3.95. The van der Waals surface area contributed by atoms with Gasteiger partial charge in [0.05, 0.1) is 13.2 Å². The maximum atomic E-state index is 12.9. The van der Waals surface area contributed by atoms with Crippen LogP contribution in [0.4, 0.5) is 0 Å². The molecule has 2 aromatic rings. The highest BCUT2D eigenvalue weighted by atomic mass is 16.5. The van der Waals surface area contributed by atoms with Gasteiger partial charge in [-0.05, 0) is 55.9 Å². The summed E-state index contributed by atoms with van der Waals surface area (Å²) in [6.45, 7) is 6.73. The number of esters is 1. The van der Waals surface area contributed by atoms with Crippen molar-refractivity contribution in [2.75, 3.05) is 13.2 Å². The zero-order valence-electron chi connectivity index (χ0n) is 16.3. The molecule has 0 spiro atoms. The quantitative estimate of drug-likeness (QED) is 0.732. The van der Waals surface area contributed by atoms with E-state index in [0.717, 1.165) is 29.0 Å². The molecule has 1 aromatic heterocycles. The monoisotopic (exact) mass is 369 g/mol. The number of carbonyl (C=O) groups excluding carboxylic acids is 2. The molecule has 1 atom stereocenters. The first-order valence-electron chi connectivity index (χ1n) is 9.75. The van der Waals surface area contributed by atoms with Crippen LogP contribution in [0, 0.1) is 0 Å². The number of ketones is 1. The zero-order valence-corrected chi connectivity index (χ0v) is 16.3. The summed E-state index contributed by atoms with van der Waals surface area (Å²) in [5.74, 6) is 0.661. The van der Waals surface area contributed by atoms with Gasteiger partial charge in [0, 0.05) is 17.7 Å². The number of H-pyrrole nitrogens is 1. The van der Waals surface area contributed by atoms with Crippen molar-refractivity contribution in [2.24, 2.45) is 0 Å². The Balaban J connectivity index is 1.91. The van der Waals surface area contributed by atoms with Crippen LogP contribution in [-0.4, -0.2) is 30.0 Å². The molecule has 5 nitrogen and oxygen atoms in total. The Hall–Kier alpha value is -2.56. The van der Waals surface area contributed by atoms with Gasteiger partial charge in [-0.1, -0.05) is 25.5 Å². The van der Waals surface area contributed by atoms with Crippen molar-refractivity contribution in [1.82, 2.24) is 4.98 Å². The summed E-state index contributed by atoms with van der Waals surface area (Å²) in [6, 6.07) is 7.94. The third-order valence-corrected chi connectivity index (χ3v) is 4.98. The molecule has 144 valence electrons. The third kappa shape index (κ3) is 3.92. The van der Waals surface area contributed by atoms with E-state index in [-0.39, 0.29) is 17.7 Å². The van der Waals surface area contributed by atoms with Gasteiger partial charge in [0.2, 0.25) is 0 Å². The Morgan fingerprint density at radius 1 is 1.11 bits per heavy atom. The Morgan fingerprint density at radius 2 is 1.85 bits per heavy atom. The number of nitrogens with one attached hydrogen (secondary N) is 1. The molecule has 0 unspecified atom stereocenters. The normalized spacial score (nSPS) is 16.1. The van der Waals surface area contributed by atoms with Crippen molar-refractivity contribution in [1.29, 1.82) is 0 Å². The Kier molecular flexibility index (Phi) is 5.99. The van der Waals surface area contributed by atoms with Crippen molar-refractivity contribution in [2.45, 2.75) is 52.4 Å². The number of hydrogen-bond acceptors (Lipinski definition) is 4. The van der Waals surface area contributed by atoms with Crippen LogP contribution in [-0.2, 0) is 17.6 Å². The fourth-order valence-corrected chi connectivity index (χ4v) is 3.85. The van der Waals surface area contributed by atoms with Gasteiger partial charge >= 0.3 is 5.97 Å². The van der Waals surface area contributed by atoms with Crippen molar-refractivity contribution >= 4 is 11.8 Å². The fourth-order valence-electron chi connectivity index (χ4n) is 3.85. The van der Waals surface area contributed by atoms with Crippen LogP contribution < -0.4 is 4.74 Å². The second-order valence-electron chi connectivity index (χ2n) is 6.83. The molecule has 0 fully saturated rings. The average molecular weight is 369 g/mol. The van der Waals surface area contributed by atoms with Crippen LogP contribution in [0.3, 0.4) is 0 Å². The number of Topliss-reactive ketones (excluding diaryl/α,β-unsaturated/α-hetero) is 1. The molecule has 0 radical (unpaired) electrons. The standard InChI is InChI=1S/C22H27NO4/c1-4-7-17-20-18(23-21(17)22(25)27-6-3)12-15(13-19(20)24)14-8-10-16(11-9-14)26-5-2/h8-11,15,23H,4-7,12-13H2,1-3H3/t15-/m0/s1. The predicted molar refractivity (Wildman–Crippen MR) is 104 cm³/mol. The highest BCUT2D eigenvalue weighted by Crippen LogP contribution is 2.36. The molecule has 1 aliphatic carbocycles. The first-order valence-corrected chi connectivity index (χ1v) is 9.75. The number of fused-ring (bicyclic) bond motifs is 1. The second kappa shape index (κ2) is 8.42. The van der Waals surface area contributed by atoms with Crippen molar-refractivity contribution < 1.29 is 19.1 Å². The molecule has 0 aliphatic heterocycles. The lowest BCUT2D eigenvalue weighted by atomic mass is 9.81. The Bertz CT molecular complexity index is 820. The van der Waals surface area contributed by atoms with E-state index in [2.05, 4.69) is 4.98 Å². The second-order valence-corrected chi connectivity index (χ2v) is 6.83. The van der Waals surface area contributed by atoms with Crippen LogP contribution in [0.15, 0.2) is 24.3 Å². The van der Waals surface area contributed by atoms with Gasteiger partial charge in [-0.2, -0.15) is 0 Å². The maximum absolute atomic E-state index is 12.9. The number of hydrogen-bond donors (Lipinski definition) is 1. The van der Waals surface area contributed by atoms with Crippen molar-refractivity contribution in [3.05, 3.63) is 52.3 Å². The Morgan fingerprint density at radius 3 is 2.48 bits per heavy atom. The fraction of sp³-hybridized carbons (Fsp3) is 0.455. The van der Waals surface area contributed by atoms with Gasteiger partial charge in [0.15, 0.2) is 5.78 Å². The molecule has 5 heteroatoms. The van der Waals surface area contributed by atoms with E-state index in [4.69, 9.17) is 9.47 Å². The van der Waals surface area contributed by atoms with Crippen LogP contribution in [0.25, 0.3) is 0 Å². The molecule has 27 heavy (non-hydrogen) atoms. The number of ether oxygens (including phenoxy) is 2. The van der Waals surface area contributed by atoms with E-state index in [0.29, 0.717) is 43.7 Å². The molecule has 1 aromatic carbocycles. The molecular weight excluding hydrogens is 342 g/mol. The molecule has 0 saturated carbocycles. The molecule has 3 rings (SSSR count). The number of carbonyl (C=O) groups is 2. The summed E-state index contributed by atoms with van der Waals surface area (Å²) in [7, 11) is 0. The third-order valence-electron chi connectivity index (χ3n) is 4.98. The largest absolute Gasteiger partial charge is 0.494 e. The number of benzene rings is 1. The minimum absolute atomic E-state index is 0.101. The van der Waals surface area contributed by atoms with Crippen molar-refractivity contribution in [3.63, 3.8) is 0 Å². The van der Waals surface area contributed by atoms with E-state index in [9.17, 15) is 9.59 Å². The Labute approximate surface area is 160 Å².